The summed E-state index contributed by atoms with van der Waals surface area (Å²) in [7, 11) is 0. The van der Waals surface area contributed by atoms with Crippen LogP contribution in [0, 0.1) is 5.92 Å². The Hall–Kier alpha value is -2.03. The maximum Gasteiger partial charge on any atom is 0.193 e. The fourth-order valence-electron chi connectivity index (χ4n) is 3.58. The minimum atomic E-state index is -1.28. The van der Waals surface area contributed by atoms with Gasteiger partial charge in [0.25, 0.3) is 0 Å². The lowest BCUT2D eigenvalue weighted by Crippen LogP contribution is -2.39. The molecule has 0 atom stereocenters. The Morgan fingerprint density at radius 2 is 2.00 bits per heavy atom. The van der Waals surface area contributed by atoms with E-state index in [1.807, 2.05) is 24.5 Å². The molecule has 0 saturated heterocycles. The lowest BCUT2D eigenvalue weighted by atomic mass is 9.82. The highest BCUT2D eigenvalue weighted by Crippen LogP contribution is 2.36. The van der Waals surface area contributed by atoms with Crippen molar-refractivity contribution in [2.24, 2.45) is 5.92 Å². The van der Waals surface area contributed by atoms with E-state index >= 15 is 0 Å². The van der Waals surface area contributed by atoms with Crippen LogP contribution in [-0.2, 0) is 4.74 Å². The van der Waals surface area contributed by atoms with E-state index < -0.39 is 6.29 Å². The zero-order valence-electron chi connectivity index (χ0n) is 16.9. The summed E-state index contributed by atoms with van der Waals surface area (Å²) >= 11 is 7.82. The Kier molecular flexibility index (Phi) is 6.89. The van der Waals surface area contributed by atoms with Gasteiger partial charge in [-0.3, -0.25) is 4.79 Å². The summed E-state index contributed by atoms with van der Waals surface area (Å²) in [6.07, 6.45) is 1.98. The fourth-order valence-corrected chi connectivity index (χ4v) is 4.22. The van der Waals surface area contributed by atoms with Crippen LogP contribution in [0.25, 0.3) is 22.3 Å². The normalized spacial score (nSPS) is 18.4. The number of thioether (sulfide) groups is 1. The summed E-state index contributed by atoms with van der Waals surface area (Å²) in [6.45, 7) is 0.682. The minimum Gasteiger partial charge on any atom is -0.490 e. The zero-order valence-corrected chi connectivity index (χ0v) is 18.5. The largest absolute Gasteiger partial charge is 0.490 e. The van der Waals surface area contributed by atoms with E-state index in [1.54, 1.807) is 30.0 Å². The van der Waals surface area contributed by atoms with Gasteiger partial charge in [0.05, 0.1) is 28.7 Å². The van der Waals surface area contributed by atoms with Gasteiger partial charge in [0, 0.05) is 16.9 Å². The molecule has 1 fully saturated rings. The number of para-hydroxylation sites is 1. The lowest BCUT2D eigenvalue weighted by molar-refractivity contribution is -0.150. The molecule has 4 rings (SSSR count). The van der Waals surface area contributed by atoms with Crippen molar-refractivity contribution in [1.82, 2.24) is 0 Å². The van der Waals surface area contributed by atoms with Gasteiger partial charge in [-0.1, -0.05) is 17.7 Å². The average molecular weight is 463 g/mol. The number of hydrogen-bond donors (Lipinski definition) is 2. The summed E-state index contributed by atoms with van der Waals surface area (Å²) in [5.41, 5.74) is 0.830. The van der Waals surface area contributed by atoms with Crippen LogP contribution in [0.3, 0.4) is 0 Å². The third-order valence-corrected chi connectivity index (χ3v) is 6.43. The van der Waals surface area contributed by atoms with Crippen molar-refractivity contribution >= 4 is 34.3 Å². The molecule has 1 aromatic heterocycles. The number of benzene rings is 2. The molecular weight excluding hydrogens is 440 g/mol. The molecule has 0 amide bonds. The maximum absolute atomic E-state index is 12.6. The van der Waals surface area contributed by atoms with Crippen LogP contribution in [0.15, 0.2) is 56.6 Å². The molecule has 2 N–H and O–H groups in total. The second-order valence-electron chi connectivity index (χ2n) is 7.44. The fraction of sp³-hybridized carbons (Fsp3) is 0.348. The van der Waals surface area contributed by atoms with Crippen molar-refractivity contribution in [3.63, 3.8) is 0 Å². The van der Waals surface area contributed by atoms with Crippen LogP contribution in [0.2, 0.25) is 5.02 Å². The smallest absolute Gasteiger partial charge is 0.193 e. The predicted molar refractivity (Wildman–Crippen MR) is 121 cm³/mol. The van der Waals surface area contributed by atoms with E-state index in [0.29, 0.717) is 59.1 Å². The Bertz CT molecular complexity index is 1120. The molecule has 1 aliphatic carbocycles. The molecule has 0 spiro atoms. The van der Waals surface area contributed by atoms with Crippen LogP contribution in [0.4, 0.5) is 0 Å². The highest BCUT2D eigenvalue weighted by molar-refractivity contribution is 7.98. The molecule has 0 aliphatic heterocycles. The zero-order chi connectivity index (χ0) is 22.0. The third kappa shape index (κ3) is 4.91. The van der Waals surface area contributed by atoms with Gasteiger partial charge in [-0.2, -0.15) is 0 Å². The molecule has 31 heavy (non-hydrogen) atoms. The standard InChI is InChI=1S/C23H23ClO6S/c1-31-15-5-6-17(21-12-19(25)16-3-2-4-18(24)22(16)30-21)20(11-15)29-8-7-28-14-9-13(10-14)23(26)27/h2-6,11-14,23,26-27H,7-10H2,1H3. The van der Waals surface area contributed by atoms with Gasteiger partial charge in [0.2, 0.25) is 0 Å². The van der Waals surface area contributed by atoms with E-state index in [0.717, 1.165) is 4.90 Å². The molecule has 3 aromatic rings. The molecule has 8 heteroatoms. The first-order valence-corrected chi connectivity index (χ1v) is 11.6. The minimum absolute atomic E-state index is 0.0213. The molecule has 6 nitrogen and oxygen atoms in total. The number of fused-ring (bicyclic) bond motifs is 1. The summed E-state index contributed by atoms with van der Waals surface area (Å²) in [5, 5.41) is 19.1. The first-order chi connectivity index (χ1) is 15.0. The van der Waals surface area contributed by atoms with Gasteiger partial charge in [-0.05, 0) is 49.4 Å². The van der Waals surface area contributed by atoms with Crippen molar-refractivity contribution in [2.45, 2.75) is 30.1 Å². The number of hydrogen-bond acceptors (Lipinski definition) is 7. The molecule has 164 valence electrons. The SMILES string of the molecule is CSc1ccc(-c2cc(=O)c3cccc(Cl)c3o2)c(OCCOC2CC(C(O)O)C2)c1. The molecule has 2 aromatic carbocycles. The van der Waals surface area contributed by atoms with Crippen molar-refractivity contribution in [3.8, 4) is 17.1 Å². The summed E-state index contributed by atoms with van der Waals surface area (Å²) < 4.78 is 17.7. The molecule has 1 aliphatic rings. The van der Waals surface area contributed by atoms with E-state index in [2.05, 4.69) is 0 Å². The Morgan fingerprint density at radius 1 is 1.19 bits per heavy atom. The summed E-state index contributed by atoms with van der Waals surface area (Å²) in [4.78, 5) is 13.6. The van der Waals surface area contributed by atoms with Gasteiger partial charge < -0.3 is 24.1 Å². The first-order valence-electron chi connectivity index (χ1n) is 9.97. The van der Waals surface area contributed by atoms with Crippen molar-refractivity contribution in [2.75, 3.05) is 19.5 Å². The molecular formula is C23H23ClO6S. The van der Waals surface area contributed by atoms with Gasteiger partial charge >= 0.3 is 0 Å². The lowest BCUT2D eigenvalue weighted by Gasteiger charge is -2.35. The number of halogens is 1. The van der Waals surface area contributed by atoms with Crippen LogP contribution >= 0.6 is 23.4 Å². The van der Waals surface area contributed by atoms with E-state index in [1.165, 1.54) is 6.07 Å². The Morgan fingerprint density at radius 3 is 2.74 bits per heavy atom. The van der Waals surface area contributed by atoms with Gasteiger partial charge in [-0.25, -0.2) is 0 Å². The molecule has 0 bridgehead atoms. The van der Waals surface area contributed by atoms with Crippen LogP contribution in [0.1, 0.15) is 12.8 Å². The highest BCUT2D eigenvalue weighted by Gasteiger charge is 2.34. The van der Waals surface area contributed by atoms with Crippen LogP contribution in [-0.4, -0.2) is 42.1 Å². The monoisotopic (exact) mass is 462 g/mol. The average Bonchev–Trinajstić information content (AvgIpc) is 2.72. The number of ether oxygens (including phenoxy) is 2. The number of aliphatic hydroxyl groups is 2. The van der Waals surface area contributed by atoms with Crippen molar-refractivity contribution < 1.29 is 24.1 Å². The van der Waals surface area contributed by atoms with Crippen LogP contribution in [0.5, 0.6) is 5.75 Å². The Labute approximate surface area is 188 Å². The topological polar surface area (TPSA) is 89.1 Å². The molecule has 0 radical (unpaired) electrons. The second kappa shape index (κ2) is 9.63. The van der Waals surface area contributed by atoms with Gasteiger partial charge in [0.1, 0.15) is 18.1 Å². The first kappa shape index (κ1) is 22.2. The third-order valence-electron chi connectivity index (χ3n) is 5.41. The molecule has 0 unspecified atom stereocenters. The molecule has 1 saturated carbocycles. The van der Waals surface area contributed by atoms with Gasteiger partial charge in [0.15, 0.2) is 17.3 Å². The maximum atomic E-state index is 12.6. The quantitative estimate of drug-likeness (QED) is 0.293. The summed E-state index contributed by atoms with van der Waals surface area (Å²) in [5.74, 6) is 0.855. The number of aliphatic hydroxyl groups excluding tert-OH is 1. The van der Waals surface area contributed by atoms with Crippen molar-refractivity contribution in [1.29, 1.82) is 0 Å². The van der Waals surface area contributed by atoms with Gasteiger partial charge in [-0.15, -0.1) is 11.8 Å². The summed E-state index contributed by atoms with van der Waals surface area (Å²) in [6, 6.07) is 12.2. The highest BCUT2D eigenvalue weighted by atomic mass is 35.5. The number of rotatable bonds is 8. The molecule has 1 heterocycles. The second-order valence-corrected chi connectivity index (χ2v) is 8.73. The predicted octanol–water partition coefficient (Wildman–Crippen LogP) is 4.32. The van der Waals surface area contributed by atoms with E-state index in [9.17, 15) is 4.79 Å². The van der Waals surface area contributed by atoms with E-state index in [-0.39, 0.29) is 17.5 Å². The Balaban J connectivity index is 1.52. The van der Waals surface area contributed by atoms with Crippen molar-refractivity contribution in [3.05, 3.63) is 57.7 Å². The van der Waals surface area contributed by atoms with Crippen LogP contribution < -0.4 is 10.2 Å². The van der Waals surface area contributed by atoms with E-state index in [4.69, 9.17) is 35.7 Å².